The van der Waals surface area contributed by atoms with E-state index in [1.54, 1.807) is 30.3 Å². The van der Waals surface area contributed by atoms with Crippen LogP contribution in [0.15, 0.2) is 64.5 Å². The van der Waals surface area contributed by atoms with E-state index < -0.39 is 14.7 Å². The van der Waals surface area contributed by atoms with E-state index in [0.717, 1.165) is 6.20 Å². The molecule has 5 nitrogen and oxygen atoms in total. The molecule has 7 heteroatoms. The van der Waals surface area contributed by atoms with Crippen molar-refractivity contribution in [3.63, 3.8) is 0 Å². The van der Waals surface area contributed by atoms with Crippen molar-refractivity contribution in [1.29, 1.82) is 5.26 Å². The van der Waals surface area contributed by atoms with Crippen LogP contribution in [-0.4, -0.2) is 15.5 Å². The molecule has 0 aliphatic carbocycles. The fourth-order valence-electron chi connectivity index (χ4n) is 1.77. The first kappa shape index (κ1) is 16.9. The van der Waals surface area contributed by atoms with Crippen LogP contribution >= 0.6 is 11.6 Å². The maximum atomic E-state index is 12.5. The molecule has 0 unspecified atom stereocenters. The van der Waals surface area contributed by atoms with Crippen molar-refractivity contribution in [3.8, 4) is 11.8 Å². The van der Waals surface area contributed by atoms with Crippen molar-refractivity contribution in [3.05, 3.63) is 64.7 Å². The zero-order chi connectivity index (χ0) is 16.9. The van der Waals surface area contributed by atoms with Crippen molar-refractivity contribution < 1.29 is 13.2 Å². The summed E-state index contributed by atoms with van der Waals surface area (Å²) in [7, 11) is -2.44. The summed E-state index contributed by atoms with van der Waals surface area (Å²) in [5.41, 5.74) is 0.506. The summed E-state index contributed by atoms with van der Waals surface area (Å²) in [6, 6.07) is 14.3. The van der Waals surface area contributed by atoms with Crippen LogP contribution in [0.25, 0.3) is 0 Å². The van der Waals surface area contributed by atoms with Crippen LogP contribution in [0.3, 0.4) is 0 Å². The van der Waals surface area contributed by atoms with Gasteiger partial charge in [0.2, 0.25) is 9.84 Å². The Morgan fingerprint density at radius 2 is 1.87 bits per heavy atom. The van der Waals surface area contributed by atoms with Gasteiger partial charge in [-0.15, -0.1) is 0 Å². The molecule has 0 spiro atoms. The molecule has 118 valence electrons. The first-order chi connectivity index (χ1) is 11.0. The molecule has 2 aromatic rings. The third-order valence-electron chi connectivity index (χ3n) is 3.00. The average molecular weight is 349 g/mol. The largest absolute Gasteiger partial charge is 0.497 e. The van der Waals surface area contributed by atoms with Gasteiger partial charge in [0, 0.05) is 6.20 Å². The smallest absolute Gasteiger partial charge is 0.218 e. The van der Waals surface area contributed by atoms with Crippen LogP contribution in [0.2, 0.25) is 5.02 Å². The standard InChI is InChI=1S/C16H13ClN2O3S/c1-22-12-6-8-13(9-7-12)23(20,21)14(10-18)11-19-16-5-3-2-4-15(16)17/h2-9,11,19H,1H3/b14-11-. The van der Waals surface area contributed by atoms with E-state index in [0.29, 0.717) is 16.5 Å². The normalized spacial score (nSPS) is 11.6. The van der Waals surface area contributed by atoms with Crippen molar-refractivity contribution in [1.82, 2.24) is 0 Å². The van der Waals surface area contributed by atoms with E-state index in [4.69, 9.17) is 16.3 Å². The molecule has 0 atom stereocenters. The monoisotopic (exact) mass is 348 g/mol. The lowest BCUT2D eigenvalue weighted by atomic mass is 10.3. The van der Waals surface area contributed by atoms with Gasteiger partial charge in [-0.1, -0.05) is 23.7 Å². The molecular weight excluding hydrogens is 336 g/mol. The van der Waals surface area contributed by atoms with Crippen LogP contribution in [0, 0.1) is 11.3 Å². The summed E-state index contributed by atoms with van der Waals surface area (Å²) < 4.78 is 29.9. The topological polar surface area (TPSA) is 79.2 Å². The van der Waals surface area contributed by atoms with Gasteiger partial charge >= 0.3 is 0 Å². The summed E-state index contributed by atoms with van der Waals surface area (Å²) in [6.07, 6.45) is 1.13. The minimum Gasteiger partial charge on any atom is -0.497 e. The number of benzene rings is 2. The molecule has 2 rings (SSSR count). The molecule has 0 aliphatic rings. The minimum atomic E-state index is -3.92. The lowest BCUT2D eigenvalue weighted by Crippen LogP contribution is -2.05. The molecule has 0 aromatic heterocycles. The van der Waals surface area contributed by atoms with Crippen molar-refractivity contribution >= 4 is 27.1 Å². The third-order valence-corrected chi connectivity index (χ3v) is 5.01. The predicted molar refractivity (Wildman–Crippen MR) is 89.0 cm³/mol. The Morgan fingerprint density at radius 1 is 1.22 bits per heavy atom. The number of para-hydroxylation sites is 1. The summed E-state index contributed by atoms with van der Waals surface area (Å²) >= 11 is 5.98. The number of halogens is 1. The number of hydrogen-bond donors (Lipinski definition) is 1. The summed E-state index contributed by atoms with van der Waals surface area (Å²) in [4.78, 5) is -0.408. The molecule has 1 N–H and O–H groups in total. The zero-order valence-electron chi connectivity index (χ0n) is 12.2. The van der Waals surface area contributed by atoms with Gasteiger partial charge in [-0.3, -0.25) is 0 Å². The zero-order valence-corrected chi connectivity index (χ0v) is 13.7. The number of methoxy groups -OCH3 is 1. The lowest BCUT2D eigenvalue weighted by Gasteiger charge is -2.06. The number of allylic oxidation sites excluding steroid dienone is 1. The molecule has 0 bridgehead atoms. The first-order valence-corrected chi connectivity index (χ1v) is 8.35. The Hall–Kier alpha value is -2.49. The number of rotatable bonds is 5. The van der Waals surface area contributed by atoms with Gasteiger partial charge in [0.15, 0.2) is 4.91 Å². The van der Waals surface area contributed by atoms with Gasteiger partial charge in [-0.2, -0.15) is 5.26 Å². The van der Waals surface area contributed by atoms with Crippen molar-refractivity contribution in [2.45, 2.75) is 4.90 Å². The van der Waals surface area contributed by atoms with Crippen LogP contribution in [0.1, 0.15) is 0 Å². The summed E-state index contributed by atoms with van der Waals surface area (Å²) in [6.45, 7) is 0. The Balaban J connectivity index is 2.33. The second-order valence-electron chi connectivity index (χ2n) is 4.42. The Labute approximate surface area is 139 Å². The van der Waals surface area contributed by atoms with E-state index in [9.17, 15) is 13.7 Å². The SMILES string of the molecule is COc1ccc(S(=O)(=O)/C(C#N)=C\Nc2ccccc2Cl)cc1. The highest BCUT2D eigenvalue weighted by molar-refractivity contribution is 7.95. The maximum Gasteiger partial charge on any atom is 0.218 e. The quantitative estimate of drug-likeness (QED) is 0.835. The Kier molecular flexibility index (Phi) is 5.27. The molecule has 0 saturated heterocycles. The fourth-order valence-corrected chi connectivity index (χ4v) is 3.05. The second kappa shape index (κ2) is 7.18. The minimum absolute atomic E-state index is 0.00654. The molecule has 23 heavy (non-hydrogen) atoms. The highest BCUT2D eigenvalue weighted by Crippen LogP contribution is 2.24. The fraction of sp³-hybridized carbons (Fsp3) is 0.0625. The van der Waals surface area contributed by atoms with E-state index >= 15 is 0 Å². The van der Waals surface area contributed by atoms with Crippen molar-refractivity contribution in [2.24, 2.45) is 0 Å². The summed E-state index contributed by atoms with van der Waals surface area (Å²) in [5.74, 6) is 0.528. The number of nitrogens with one attached hydrogen (secondary N) is 1. The average Bonchev–Trinajstić information content (AvgIpc) is 2.57. The lowest BCUT2D eigenvalue weighted by molar-refractivity contribution is 0.414. The summed E-state index contributed by atoms with van der Waals surface area (Å²) in [5, 5.41) is 12.3. The van der Waals surface area contributed by atoms with Gasteiger partial charge in [-0.25, -0.2) is 8.42 Å². The van der Waals surface area contributed by atoms with E-state index in [1.807, 2.05) is 0 Å². The number of ether oxygens (including phenoxy) is 1. The molecule has 0 amide bonds. The van der Waals surface area contributed by atoms with Gasteiger partial charge < -0.3 is 10.1 Å². The van der Waals surface area contributed by atoms with Gasteiger partial charge in [0.05, 0.1) is 22.7 Å². The molecular formula is C16H13ClN2O3S. The van der Waals surface area contributed by atoms with E-state index in [-0.39, 0.29) is 4.90 Å². The van der Waals surface area contributed by atoms with E-state index in [2.05, 4.69) is 5.32 Å². The maximum absolute atomic E-state index is 12.5. The molecule has 0 radical (unpaired) electrons. The second-order valence-corrected chi connectivity index (χ2v) is 6.75. The predicted octanol–water partition coefficient (Wildman–Crippen LogP) is 3.60. The van der Waals surface area contributed by atoms with Crippen molar-refractivity contribution in [2.75, 3.05) is 12.4 Å². The molecule has 2 aromatic carbocycles. The Morgan fingerprint density at radius 3 is 2.43 bits per heavy atom. The highest BCUT2D eigenvalue weighted by Gasteiger charge is 2.20. The molecule has 0 fully saturated rings. The van der Waals surface area contributed by atoms with Gasteiger partial charge in [0.25, 0.3) is 0 Å². The Bertz CT molecular complexity index is 869. The highest BCUT2D eigenvalue weighted by atomic mass is 35.5. The third kappa shape index (κ3) is 3.83. The number of nitrogens with zero attached hydrogens (tertiary/aromatic N) is 1. The first-order valence-electron chi connectivity index (χ1n) is 6.49. The van der Waals surface area contributed by atoms with Gasteiger partial charge in [0.1, 0.15) is 11.8 Å². The number of anilines is 1. The molecule has 0 aliphatic heterocycles. The van der Waals surface area contributed by atoms with Gasteiger partial charge in [-0.05, 0) is 36.4 Å². The number of sulfone groups is 1. The molecule has 0 saturated carbocycles. The van der Waals surface area contributed by atoms with Crippen LogP contribution in [-0.2, 0) is 9.84 Å². The molecule has 0 heterocycles. The van der Waals surface area contributed by atoms with Crippen LogP contribution in [0.5, 0.6) is 5.75 Å². The van der Waals surface area contributed by atoms with Crippen LogP contribution < -0.4 is 10.1 Å². The van der Waals surface area contributed by atoms with E-state index in [1.165, 1.54) is 31.4 Å². The van der Waals surface area contributed by atoms with Crippen LogP contribution in [0.4, 0.5) is 5.69 Å². The number of nitriles is 1. The number of hydrogen-bond acceptors (Lipinski definition) is 5.